The van der Waals surface area contributed by atoms with Crippen LogP contribution in [-0.4, -0.2) is 53.5 Å². The molecule has 0 saturated carbocycles. The number of carbonyl (C=O) groups excluding carboxylic acids is 2. The molecule has 0 aliphatic carbocycles. The molecular weight excluding hydrogens is 384 g/mol. The van der Waals surface area contributed by atoms with Crippen LogP contribution in [0.3, 0.4) is 0 Å². The van der Waals surface area contributed by atoms with Gasteiger partial charge in [-0.3, -0.25) is 14.5 Å². The van der Waals surface area contributed by atoms with Gasteiger partial charge in [-0.15, -0.1) is 0 Å². The van der Waals surface area contributed by atoms with Crippen LogP contribution >= 0.6 is 0 Å². The first-order chi connectivity index (χ1) is 14.5. The second-order valence-electron chi connectivity index (χ2n) is 7.62. The highest BCUT2D eigenvalue weighted by molar-refractivity contribution is 6.35. The van der Waals surface area contributed by atoms with Gasteiger partial charge in [-0.05, 0) is 50.6 Å². The Balaban J connectivity index is 1.73. The monoisotopic (exact) mass is 410 g/mol. The number of furan rings is 1. The predicted molar refractivity (Wildman–Crippen MR) is 110 cm³/mol. The molecular formula is C23H26N2O5. The van der Waals surface area contributed by atoms with Crippen molar-refractivity contribution >= 4 is 17.4 Å². The Labute approximate surface area is 175 Å². The Morgan fingerprint density at radius 2 is 1.73 bits per heavy atom. The zero-order valence-electron chi connectivity index (χ0n) is 17.5. The molecule has 0 bridgehead atoms. The Bertz CT molecular complexity index is 938. The topological polar surface area (TPSA) is 72.2 Å². The van der Waals surface area contributed by atoms with Crippen molar-refractivity contribution in [3.8, 4) is 5.75 Å². The van der Waals surface area contributed by atoms with Crippen molar-refractivity contribution in [3.05, 3.63) is 59.7 Å². The van der Waals surface area contributed by atoms with Gasteiger partial charge in [0.25, 0.3) is 11.8 Å². The molecule has 0 spiro atoms. The third-order valence-electron chi connectivity index (χ3n) is 5.23. The molecule has 158 valence electrons. The van der Waals surface area contributed by atoms with Gasteiger partial charge >= 0.3 is 0 Å². The molecule has 0 N–H and O–H groups in total. The van der Waals surface area contributed by atoms with Crippen molar-refractivity contribution in [1.82, 2.24) is 9.80 Å². The van der Waals surface area contributed by atoms with Gasteiger partial charge in [-0.25, -0.2) is 0 Å². The van der Waals surface area contributed by atoms with Gasteiger partial charge < -0.3 is 18.8 Å². The molecule has 2 unspecified atom stereocenters. The Morgan fingerprint density at radius 3 is 2.33 bits per heavy atom. The number of benzene rings is 1. The van der Waals surface area contributed by atoms with Crippen LogP contribution in [0, 0.1) is 0 Å². The Kier molecular flexibility index (Phi) is 5.63. The van der Waals surface area contributed by atoms with Crippen molar-refractivity contribution in [2.75, 3.05) is 19.7 Å². The smallest absolute Gasteiger partial charge is 0.278 e. The van der Waals surface area contributed by atoms with Crippen LogP contribution in [0.4, 0.5) is 0 Å². The first-order valence-electron chi connectivity index (χ1n) is 10.2. The molecule has 2 aliphatic rings. The minimum Gasteiger partial charge on any atom is -0.494 e. The molecule has 4 rings (SSSR count). The summed E-state index contributed by atoms with van der Waals surface area (Å²) in [6.45, 7) is 7.63. The number of morpholine rings is 1. The van der Waals surface area contributed by atoms with E-state index in [0.29, 0.717) is 42.3 Å². The summed E-state index contributed by atoms with van der Waals surface area (Å²) in [5.41, 5.74) is 1.54. The van der Waals surface area contributed by atoms with Crippen LogP contribution in [0.5, 0.6) is 5.75 Å². The molecule has 3 heterocycles. The number of amides is 2. The van der Waals surface area contributed by atoms with Gasteiger partial charge in [0.2, 0.25) is 0 Å². The summed E-state index contributed by atoms with van der Waals surface area (Å²) < 4.78 is 16.7. The number of ether oxygens (including phenoxy) is 2. The molecule has 2 aliphatic heterocycles. The van der Waals surface area contributed by atoms with E-state index in [9.17, 15) is 9.59 Å². The average molecular weight is 410 g/mol. The predicted octanol–water partition coefficient (Wildman–Crippen LogP) is 3.07. The summed E-state index contributed by atoms with van der Waals surface area (Å²) in [5.74, 6) is 0.665. The molecule has 2 aromatic rings. The maximum Gasteiger partial charge on any atom is 0.278 e. The highest BCUT2D eigenvalue weighted by Gasteiger charge is 2.43. The van der Waals surface area contributed by atoms with Crippen molar-refractivity contribution in [2.45, 2.75) is 39.5 Å². The first-order valence-corrected chi connectivity index (χ1v) is 10.2. The van der Waals surface area contributed by atoms with Gasteiger partial charge in [0, 0.05) is 13.1 Å². The number of imide groups is 1. The lowest BCUT2D eigenvalue weighted by Gasteiger charge is -2.37. The second-order valence-corrected chi connectivity index (χ2v) is 7.62. The fourth-order valence-electron chi connectivity index (χ4n) is 4.06. The van der Waals surface area contributed by atoms with Gasteiger partial charge in [-0.2, -0.15) is 0 Å². The Hall–Kier alpha value is -3.06. The molecule has 2 atom stereocenters. The van der Waals surface area contributed by atoms with Gasteiger partial charge in [0.1, 0.15) is 17.2 Å². The summed E-state index contributed by atoms with van der Waals surface area (Å²) >= 11 is 0. The number of hydrogen-bond donors (Lipinski definition) is 0. The molecule has 30 heavy (non-hydrogen) atoms. The van der Waals surface area contributed by atoms with E-state index in [1.54, 1.807) is 12.1 Å². The largest absolute Gasteiger partial charge is 0.494 e. The van der Waals surface area contributed by atoms with Crippen LogP contribution in [0.2, 0.25) is 0 Å². The van der Waals surface area contributed by atoms with E-state index in [1.807, 2.05) is 49.9 Å². The van der Waals surface area contributed by atoms with E-state index >= 15 is 0 Å². The second kappa shape index (κ2) is 8.36. The van der Waals surface area contributed by atoms with E-state index in [0.717, 1.165) is 5.75 Å². The standard InChI is InChI=1S/C23H26N2O5/c1-4-28-18-9-7-17(8-10-18)20-21(24-12-15(2)30-16(3)13-24)23(27)25(22(20)26)14-19-6-5-11-29-19/h5-11,15-16H,4,12-14H2,1-3H3. The van der Waals surface area contributed by atoms with Crippen LogP contribution in [0.1, 0.15) is 32.1 Å². The highest BCUT2D eigenvalue weighted by atomic mass is 16.5. The van der Waals surface area contributed by atoms with Crippen molar-refractivity contribution in [3.63, 3.8) is 0 Å². The van der Waals surface area contributed by atoms with E-state index < -0.39 is 0 Å². The normalized spacial score (nSPS) is 22.2. The Morgan fingerprint density at radius 1 is 1.03 bits per heavy atom. The van der Waals surface area contributed by atoms with E-state index in [-0.39, 0.29) is 30.6 Å². The SMILES string of the molecule is CCOc1ccc(C2=C(N3CC(C)OC(C)C3)C(=O)N(Cc3ccco3)C2=O)cc1. The van der Waals surface area contributed by atoms with Crippen LogP contribution in [0.25, 0.3) is 5.57 Å². The lowest BCUT2D eigenvalue weighted by molar-refractivity contribution is -0.139. The van der Waals surface area contributed by atoms with Crippen molar-refractivity contribution in [2.24, 2.45) is 0 Å². The minimum absolute atomic E-state index is 0.0372. The fraction of sp³-hybridized carbons (Fsp3) is 0.391. The molecule has 1 aromatic carbocycles. The molecule has 7 heteroatoms. The zero-order valence-corrected chi connectivity index (χ0v) is 17.5. The number of rotatable bonds is 6. The van der Waals surface area contributed by atoms with Crippen LogP contribution in [-0.2, 0) is 20.9 Å². The quantitative estimate of drug-likeness (QED) is 0.682. The summed E-state index contributed by atoms with van der Waals surface area (Å²) in [4.78, 5) is 30.0. The number of carbonyl (C=O) groups is 2. The summed E-state index contributed by atoms with van der Waals surface area (Å²) in [7, 11) is 0. The molecule has 1 fully saturated rings. The maximum atomic E-state index is 13.4. The summed E-state index contributed by atoms with van der Waals surface area (Å²) in [5, 5.41) is 0. The lowest BCUT2D eigenvalue weighted by atomic mass is 10.0. The minimum atomic E-state index is -0.317. The van der Waals surface area contributed by atoms with E-state index in [1.165, 1.54) is 11.2 Å². The van der Waals surface area contributed by atoms with Gasteiger partial charge in [-0.1, -0.05) is 12.1 Å². The van der Waals surface area contributed by atoms with Crippen LogP contribution in [0.15, 0.2) is 52.8 Å². The number of nitrogens with zero attached hydrogens (tertiary/aromatic N) is 2. The summed E-state index contributed by atoms with van der Waals surface area (Å²) in [6.07, 6.45) is 1.46. The lowest BCUT2D eigenvalue weighted by Crippen LogP contribution is -2.46. The van der Waals surface area contributed by atoms with Crippen LogP contribution < -0.4 is 4.74 Å². The third kappa shape index (κ3) is 3.85. The fourth-order valence-corrected chi connectivity index (χ4v) is 4.06. The molecule has 7 nitrogen and oxygen atoms in total. The highest BCUT2D eigenvalue weighted by Crippen LogP contribution is 2.34. The third-order valence-corrected chi connectivity index (χ3v) is 5.23. The zero-order chi connectivity index (χ0) is 21.3. The van der Waals surface area contributed by atoms with Crippen molar-refractivity contribution in [1.29, 1.82) is 0 Å². The molecule has 1 saturated heterocycles. The molecule has 0 radical (unpaired) electrons. The van der Waals surface area contributed by atoms with Gasteiger partial charge in [0.15, 0.2) is 0 Å². The molecule has 1 aromatic heterocycles. The van der Waals surface area contributed by atoms with E-state index in [4.69, 9.17) is 13.9 Å². The maximum absolute atomic E-state index is 13.4. The van der Waals surface area contributed by atoms with Gasteiger partial charge in [0.05, 0.1) is 37.2 Å². The molecule has 2 amide bonds. The first kappa shape index (κ1) is 20.2. The average Bonchev–Trinajstić information content (AvgIpc) is 3.30. The van der Waals surface area contributed by atoms with E-state index in [2.05, 4.69) is 0 Å². The van der Waals surface area contributed by atoms with Crippen molar-refractivity contribution < 1.29 is 23.5 Å². The number of hydrogen-bond acceptors (Lipinski definition) is 6. The summed E-state index contributed by atoms with van der Waals surface area (Å²) in [6, 6.07) is 10.8.